The van der Waals surface area contributed by atoms with Crippen molar-refractivity contribution in [3.63, 3.8) is 0 Å². The number of aromatic nitrogens is 3. The number of anilines is 1. The molecule has 1 aliphatic rings. The van der Waals surface area contributed by atoms with Crippen LogP contribution in [-0.4, -0.2) is 52.1 Å². The standard InChI is InChI=1S/C27H23F6N5O2/c1-2-4-20-34-23(21-22(36-40-24(21)35-20)17-5-3-6-19(15-17)27(31,32)33)37-11-13-38(14-12-37)25(39)16-7-9-18(10-8-16)26(28,29)30/h3,5-10,15H,2,4,11-14H2,1H3. The van der Waals surface area contributed by atoms with Gasteiger partial charge in [0.15, 0.2) is 0 Å². The van der Waals surface area contributed by atoms with Gasteiger partial charge < -0.3 is 14.3 Å². The third-order valence-corrected chi connectivity index (χ3v) is 6.63. The molecule has 0 bridgehead atoms. The topological polar surface area (TPSA) is 75.4 Å². The lowest BCUT2D eigenvalue weighted by molar-refractivity contribution is -0.138. The molecule has 1 saturated heterocycles. The summed E-state index contributed by atoms with van der Waals surface area (Å²) in [5.41, 5.74) is -1.03. The van der Waals surface area contributed by atoms with Crippen molar-refractivity contribution in [2.75, 3.05) is 31.1 Å². The fourth-order valence-electron chi connectivity index (χ4n) is 4.59. The van der Waals surface area contributed by atoms with Gasteiger partial charge in [0.05, 0.1) is 11.1 Å². The first kappa shape index (κ1) is 27.4. The third-order valence-electron chi connectivity index (χ3n) is 6.63. The van der Waals surface area contributed by atoms with Gasteiger partial charge in [-0.3, -0.25) is 4.79 Å². The van der Waals surface area contributed by atoms with Crippen LogP contribution in [0.1, 0.15) is 40.7 Å². The van der Waals surface area contributed by atoms with Crippen LogP contribution >= 0.6 is 0 Å². The number of aryl methyl sites for hydroxylation is 1. The number of carbonyl (C=O) groups is 1. The maximum Gasteiger partial charge on any atom is 0.416 e. The summed E-state index contributed by atoms with van der Waals surface area (Å²) < 4.78 is 84.2. The first-order valence-electron chi connectivity index (χ1n) is 12.5. The number of piperazine rings is 1. The number of halogens is 6. The molecular formula is C27H23F6N5O2. The number of carbonyl (C=O) groups excluding carboxylic acids is 1. The van der Waals surface area contributed by atoms with E-state index in [1.54, 1.807) is 0 Å². The third kappa shape index (κ3) is 5.45. The minimum absolute atomic E-state index is 0.141. The van der Waals surface area contributed by atoms with Crippen molar-refractivity contribution in [1.82, 2.24) is 20.0 Å². The van der Waals surface area contributed by atoms with Gasteiger partial charge >= 0.3 is 12.4 Å². The second-order valence-corrected chi connectivity index (χ2v) is 9.36. The summed E-state index contributed by atoms with van der Waals surface area (Å²) in [6.07, 6.45) is -7.76. The molecule has 0 spiro atoms. The van der Waals surface area contributed by atoms with E-state index in [1.165, 1.54) is 17.0 Å². The molecule has 7 nitrogen and oxygen atoms in total. The van der Waals surface area contributed by atoms with Gasteiger partial charge in [-0.05, 0) is 42.8 Å². The highest BCUT2D eigenvalue weighted by atomic mass is 19.4. The Labute approximate surface area is 224 Å². The molecule has 2 aromatic carbocycles. The molecule has 0 aliphatic carbocycles. The number of hydrogen-bond donors (Lipinski definition) is 0. The Hall–Kier alpha value is -4.16. The minimum atomic E-state index is -4.54. The summed E-state index contributed by atoms with van der Waals surface area (Å²) in [6, 6.07) is 8.79. The average Bonchev–Trinajstić information content (AvgIpc) is 3.36. The van der Waals surface area contributed by atoms with Crippen molar-refractivity contribution in [3.05, 3.63) is 71.0 Å². The highest BCUT2D eigenvalue weighted by Gasteiger charge is 2.33. The Morgan fingerprint density at radius 3 is 2.20 bits per heavy atom. The molecule has 0 saturated carbocycles. The van der Waals surface area contributed by atoms with Crippen molar-refractivity contribution in [2.24, 2.45) is 0 Å². The maximum atomic E-state index is 13.4. The monoisotopic (exact) mass is 563 g/mol. The summed E-state index contributed by atoms with van der Waals surface area (Å²) in [5, 5.41) is 4.40. The molecule has 3 heterocycles. The van der Waals surface area contributed by atoms with E-state index in [9.17, 15) is 31.1 Å². The summed E-state index contributed by atoms with van der Waals surface area (Å²) in [4.78, 5) is 25.5. The van der Waals surface area contributed by atoms with Crippen LogP contribution in [0, 0.1) is 0 Å². The zero-order valence-electron chi connectivity index (χ0n) is 21.2. The number of hydrogen-bond acceptors (Lipinski definition) is 6. The second-order valence-electron chi connectivity index (χ2n) is 9.36. The number of amides is 1. The predicted octanol–water partition coefficient (Wildman–Crippen LogP) is 6.24. The van der Waals surface area contributed by atoms with Crippen LogP contribution in [0.5, 0.6) is 0 Å². The first-order valence-corrected chi connectivity index (χ1v) is 12.5. The molecule has 0 N–H and O–H groups in total. The molecule has 0 radical (unpaired) electrons. The van der Waals surface area contributed by atoms with Crippen molar-refractivity contribution in [2.45, 2.75) is 32.1 Å². The van der Waals surface area contributed by atoms with Gasteiger partial charge in [-0.2, -0.15) is 31.3 Å². The van der Waals surface area contributed by atoms with Gasteiger partial charge in [0.25, 0.3) is 11.6 Å². The first-order chi connectivity index (χ1) is 19.0. The molecular weight excluding hydrogens is 540 g/mol. The Morgan fingerprint density at radius 2 is 1.57 bits per heavy atom. The van der Waals surface area contributed by atoms with E-state index in [4.69, 9.17) is 4.52 Å². The maximum absolute atomic E-state index is 13.4. The Bertz CT molecular complexity index is 1520. The van der Waals surface area contributed by atoms with Gasteiger partial charge in [0, 0.05) is 43.7 Å². The molecule has 0 atom stereocenters. The molecule has 1 aliphatic heterocycles. The molecule has 1 fully saturated rings. The van der Waals surface area contributed by atoms with E-state index in [0.717, 1.165) is 42.8 Å². The molecule has 40 heavy (non-hydrogen) atoms. The van der Waals surface area contributed by atoms with Crippen LogP contribution in [0.15, 0.2) is 53.1 Å². The summed E-state index contributed by atoms with van der Waals surface area (Å²) in [5.74, 6) is 0.520. The van der Waals surface area contributed by atoms with E-state index < -0.39 is 29.4 Å². The molecule has 0 unspecified atom stereocenters. The molecule has 1 amide bonds. The minimum Gasteiger partial charge on any atom is -0.352 e. The van der Waals surface area contributed by atoms with E-state index in [0.29, 0.717) is 36.5 Å². The van der Waals surface area contributed by atoms with Gasteiger partial charge in [0.1, 0.15) is 22.7 Å². The highest BCUT2D eigenvalue weighted by molar-refractivity contribution is 5.98. The van der Waals surface area contributed by atoms with Crippen LogP contribution in [0.25, 0.3) is 22.4 Å². The molecule has 4 aromatic rings. The number of alkyl halides is 6. The molecule has 210 valence electrons. The van der Waals surface area contributed by atoms with Crippen LogP contribution in [0.2, 0.25) is 0 Å². The molecule has 13 heteroatoms. The van der Waals surface area contributed by atoms with Crippen molar-refractivity contribution >= 4 is 22.8 Å². The lowest BCUT2D eigenvalue weighted by Crippen LogP contribution is -2.49. The van der Waals surface area contributed by atoms with Crippen molar-refractivity contribution in [3.8, 4) is 11.3 Å². The van der Waals surface area contributed by atoms with E-state index in [-0.39, 0.29) is 35.6 Å². The van der Waals surface area contributed by atoms with Crippen molar-refractivity contribution < 1.29 is 35.7 Å². The zero-order valence-corrected chi connectivity index (χ0v) is 21.2. The van der Waals surface area contributed by atoms with Gasteiger partial charge in [-0.15, -0.1) is 0 Å². The molecule has 2 aromatic heterocycles. The van der Waals surface area contributed by atoms with Gasteiger partial charge in [-0.25, -0.2) is 4.98 Å². The number of fused-ring (bicyclic) bond motifs is 1. The zero-order chi connectivity index (χ0) is 28.7. The Morgan fingerprint density at radius 1 is 0.900 bits per heavy atom. The van der Waals surface area contributed by atoms with Gasteiger partial charge in [-0.1, -0.05) is 24.2 Å². The molecule has 5 rings (SSSR count). The fraction of sp³-hybridized carbons (Fsp3) is 0.333. The Balaban J connectivity index is 1.43. The van der Waals surface area contributed by atoms with E-state index >= 15 is 0 Å². The predicted molar refractivity (Wildman–Crippen MR) is 134 cm³/mol. The SMILES string of the molecule is CCCc1nc(N2CCN(C(=O)c3ccc(C(F)(F)F)cc3)CC2)c2c(-c3cccc(C(F)(F)F)c3)noc2n1. The van der Waals surface area contributed by atoms with Crippen molar-refractivity contribution in [1.29, 1.82) is 0 Å². The lowest BCUT2D eigenvalue weighted by Gasteiger charge is -2.35. The average molecular weight is 564 g/mol. The highest BCUT2D eigenvalue weighted by Crippen LogP contribution is 2.37. The van der Waals surface area contributed by atoms with Crippen LogP contribution in [0.4, 0.5) is 32.2 Å². The smallest absolute Gasteiger partial charge is 0.352 e. The summed E-state index contributed by atoms with van der Waals surface area (Å²) >= 11 is 0. The van der Waals surface area contributed by atoms with Gasteiger partial charge in [0.2, 0.25) is 0 Å². The van der Waals surface area contributed by atoms with E-state index in [2.05, 4.69) is 15.1 Å². The quantitative estimate of drug-likeness (QED) is 0.268. The number of nitrogens with zero attached hydrogens (tertiary/aromatic N) is 5. The number of rotatable bonds is 5. The van der Waals surface area contributed by atoms with Crippen LogP contribution < -0.4 is 4.90 Å². The summed E-state index contributed by atoms with van der Waals surface area (Å²) in [6.45, 7) is 3.08. The lowest BCUT2D eigenvalue weighted by atomic mass is 10.1. The second kappa shape index (κ2) is 10.4. The largest absolute Gasteiger partial charge is 0.416 e. The summed E-state index contributed by atoms with van der Waals surface area (Å²) in [7, 11) is 0. The van der Waals surface area contributed by atoms with Crippen LogP contribution in [-0.2, 0) is 18.8 Å². The Kier molecular flexibility index (Phi) is 7.15. The number of benzene rings is 2. The fourth-order valence-corrected chi connectivity index (χ4v) is 4.59. The van der Waals surface area contributed by atoms with E-state index in [1.807, 2.05) is 11.8 Å². The normalized spacial score (nSPS) is 14.7. The van der Waals surface area contributed by atoms with Crippen LogP contribution in [0.3, 0.4) is 0 Å².